The monoisotopic (exact) mass is 453 g/mol. The first kappa shape index (κ1) is 21.9. The van der Waals surface area contributed by atoms with Gasteiger partial charge in [0, 0.05) is 29.4 Å². The van der Waals surface area contributed by atoms with Crippen LogP contribution in [0.15, 0.2) is 67.0 Å². The molecule has 1 amide bonds. The lowest BCUT2D eigenvalue weighted by atomic mass is 10.1. The summed E-state index contributed by atoms with van der Waals surface area (Å²) in [5, 5.41) is 17.0. The number of amides is 1. The first-order valence-corrected chi connectivity index (χ1v) is 9.79. The summed E-state index contributed by atoms with van der Waals surface area (Å²) in [5.74, 6) is 0.0956. The summed E-state index contributed by atoms with van der Waals surface area (Å²) in [4.78, 5) is 16.3. The molecule has 2 aromatic carbocycles. The van der Waals surface area contributed by atoms with Crippen LogP contribution in [0, 0.1) is 0 Å². The largest absolute Gasteiger partial charge is 0.405 e. The number of benzene rings is 2. The highest BCUT2D eigenvalue weighted by Gasteiger charge is 2.27. The van der Waals surface area contributed by atoms with Crippen molar-refractivity contribution >= 4 is 17.5 Å². The van der Waals surface area contributed by atoms with E-state index in [0.717, 1.165) is 16.8 Å². The quantitative estimate of drug-likeness (QED) is 0.459. The van der Waals surface area contributed by atoms with Crippen LogP contribution in [-0.4, -0.2) is 43.6 Å². The van der Waals surface area contributed by atoms with Crippen molar-refractivity contribution in [2.45, 2.75) is 6.18 Å². The van der Waals surface area contributed by atoms with Crippen LogP contribution in [0.4, 0.5) is 24.8 Å². The van der Waals surface area contributed by atoms with Crippen molar-refractivity contribution in [2.75, 3.05) is 11.9 Å². The third-order valence-corrected chi connectivity index (χ3v) is 4.68. The van der Waals surface area contributed by atoms with E-state index < -0.39 is 18.6 Å². The van der Waals surface area contributed by atoms with Crippen LogP contribution in [0.3, 0.4) is 0 Å². The van der Waals surface area contributed by atoms with Crippen molar-refractivity contribution in [1.82, 2.24) is 30.3 Å². The van der Waals surface area contributed by atoms with Crippen LogP contribution in [0.2, 0.25) is 0 Å². The van der Waals surface area contributed by atoms with Crippen LogP contribution < -0.4 is 10.6 Å². The van der Waals surface area contributed by atoms with E-state index in [1.807, 2.05) is 35.6 Å². The minimum atomic E-state index is -4.46. The Morgan fingerprint density at radius 2 is 1.64 bits per heavy atom. The molecule has 4 aromatic rings. The van der Waals surface area contributed by atoms with E-state index in [1.54, 1.807) is 36.3 Å². The summed E-state index contributed by atoms with van der Waals surface area (Å²) in [6, 6.07) is 15.6. The number of carbonyl (C=O) groups excluding carboxylic acids is 1. The second-order valence-corrected chi connectivity index (χ2v) is 7.09. The van der Waals surface area contributed by atoms with Gasteiger partial charge in [0.05, 0.1) is 12.4 Å². The molecular formula is C22H18F3N7O. The van der Waals surface area contributed by atoms with Gasteiger partial charge in [0.2, 0.25) is 5.95 Å². The molecule has 0 atom stereocenters. The van der Waals surface area contributed by atoms with Gasteiger partial charge in [-0.15, -0.1) is 5.10 Å². The molecule has 2 heterocycles. The van der Waals surface area contributed by atoms with Crippen LogP contribution >= 0.6 is 0 Å². The fraction of sp³-hybridized carbons (Fsp3) is 0.136. The number of nitrogens with zero attached hydrogens (tertiary/aromatic N) is 5. The van der Waals surface area contributed by atoms with E-state index in [1.165, 1.54) is 12.1 Å². The van der Waals surface area contributed by atoms with Crippen LogP contribution in [-0.2, 0) is 7.05 Å². The summed E-state index contributed by atoms with van der Waals surface area (Å²) >= 11 is 0. The SMILES string of the molecule is Cn1nc(-c2ccc(C(=O)NCC(F)(F)F)cc2)nc1Nc1ccc(-c2ccnnc2)cc1. The van der Waals surface area contributed by atoms with Crippen molar-refractivity contribution < 1.29 is 18.0 Å². The van der Waals surface area contributed by atoms with Gasteiger partial charge in [-0.2, -0.15) is 28.4 Å². The molecule has 8 nitrogen and oxygen atoms in total. The third-order valence-electron chi connectivity index (χ3n) is 4.68. The number of hydrogen-bond donors (Lipinski definition) is 2. The van der Waals surface area contributed by atoms with Crippen molar-refractivity contribution in [3.8, 4) is 22.5 Å². The van der Waals surface area contributed by atoms with E-state index >= 15 is 0 Å². The number of aromatic nitrogens is 5. The van der Waals surface area contributed by atoms with E-state index in [2.05, 4.69) is 25.6 Å². The zero-order valence-corrected chi connectivity index (χ0v) is 17.3. The van der Waals surface area contributed by atoms with Gasteiger partial charge < -0.3 is 10.6 Å². The van der Waals surface area contributed by atoms with E-state index in [0.29, 0.717) is 17.3 Å². The molecule has 2 aromatic heterocycles. The maximum absolute atomic E-state index is 12.3. The lowest BCUT2D eigenvalue weighted by molar-refractivity contribution is -0.123. The molecule has 4 rings (SSSR count). The highest BCUT2D eigenvalue weighted by atomic mass is 19.4. The first-order valence-electron chi connectivity index (χ1n) is 9.79. The molecule has 33 heavy (non-hydrogen) atoms. The number of rotatable bonds is 6. The topological polar surface area (TPSA) is 97.6 Å². The van der Waals surface area contributed by atoms with Crippen molar-refractivity contribution in [3.63, 3.8) is 0 Å². The lowest BCUT2D eigenvalue weighted by Crippen LogP contribution is -2.33. The molecule has 11 heteroatoms. The lowest BCUT2D eigenvalue weighted by Gasteiger charge is -2.08. The average molecular weight is 453 g/mol. The summed E-state index contributed by atoms with van der Waals surface area (Å²) in [5.41, 5.74) is 3.48. The summed E-state index contributed by atoms with van der Waals surface area (Å²) in [6.07, 6.45) is -1.15. The Hall–Kier alpha value is -4.28. The number of hydrogen-bond acceptors (Lipinski definition) is 6. The maximum atomic E-state index is 12.3. The van der Waals surface area contributed by atoms with Crippen molar-refractivity contribution in [1.29, 1.82) is 0 Å². The Labute approximate surface area is 186 Å². The van der Waals surface area contributed by atoms with Gasteiger partial charge in [-0.05, 0) is 35.9 Å². The average Bonchev–Trinajstić information content (AvgIpc) is 3.18. The molecule has 0 fully saturated rings. The smallest absolute Gasteiger partial charge is 0.343 e. The van der Waals surface area contributed by atoms with Gasteiger partial charge in [-0.25, -0.2) is 4.68 Å². The molecule has 0 saturated carbocycles. The summed E-state index contributed by atoms with van der Waals surface area (Å²) in [7, 11) is 1.73. The molecule has 0 aliphatic carbocycles. The normalized spacial score (nSPS) is 11.3. The Morgan fingerprint density at radius 1 is 0.939 bits per heavy atom. The number of nitrogens with one attached hydrogen (secondary N) is 2. The highest BCUT2D eigenvalue weighted by molar-refractivity contribution is 5.94. The summed E-state index contributed by atoms with van der Waals surface area (Å²) in [6.45, 7) is -1.38. The molecule has 168 valence electrons. The van der Waals surface area contributed by atoms with Gasteiger partial charge in [-0.1, -0.05) is 24.3 Å². The third kappa shape index (κ3) is 5.50. The standard InChI is InChI=1S/C22H18F3N7O/c1-32-21(29-18-8-6-14(7-9-18)17-10-11-27-28-12-17)30-19(31-32)15-2-4-16(5-3-15)20(33)26-13-22(23,24)25/h2-12H,13H2,1H3,(H,26,33)(H,29,30,31). The highest BCUT2D eigenvalue weighted by Crippen LogP contribution is 2.24. The molecule has 0 saturated heterocycles. The molecule has 0 radical (unpaired) electrons. The molecular weight excluding hydrogens is 435 g/mol. The maximum Gasteiger partial charge on any atom is 0.405 e. The first-order chi connectivity index (χ1) is 15.8. The number of anilines is 2. The van der Waals surface area contributed by atoms with Gasteiger partial charge in [0.1, 0.15) is 6.54 Å². The fourth-order valence-corrected chi connectivity index (χ4v) is 3.01. The van der Waals surface area contributed by atoms with Crippen molar-refractivity contribution in [3.05, 3.63) is 72.6 Å². The Balaban J connectivity index is 1.44. The molecule has 0 unspecified atom stereocenters. The Morgan fingerprint density at radius 3 is 2.27 bits per heavy atom. The van der Waals surface area contributed by atoms with Crippen LogP contribution in [0.1, 0.15) is 10.4 Å². The van der Waals surface area contributed by atoms with Crippen LogP contribution in [0.5, 0.6) is 0 Å². The molecule has 2 N–H and O–H groups in total. The Kier molecular flexibility index (Phi) is 6.03. The van der Waals surface area contributed by atoms with E-state index in [9.17, 15) is 18.0 Å². The molecule has 0 aliphatic heterocycles. The number of alkyl halides is 3. The number of halogens is 3. The minimum Gasteiger partial charge on any atom is -0.343 e. The second kappa shape index (κ2) is 9.07. The minimum absolute atomic E-state index is 0.113. The number of aryl methyl sites for hydroxylation is 1. The van der Waals surface area contributed by atoms with Gasteiger partial charge in [-0.3, -0.25) is 4.79 Å². The van der Waals surface area contributed by atoms with Crippen LogP contribution in [0.25, 0.3) is 22.5 Å². The summed E-state index contributed by atoms with van der Waals surface area (Å²) < 4.78 is 38.4. The predicted octanol–water partition coefficient (Wildman–Crippen LogP) is 3.97. The molecule has 0 spiro atoms. The molecule has 0 aliphatic rings. The zero-order chi connectivity index (χ0) is 23.4. The predicted molar refractivity (Wildman–Crippen MR) is 116 cm³/mol. The number of carbonyl (C=O) groups is 1. The van der Waals surface area contributed by atoms with E-state index in [4.69, 9.17) is 0 Å². The van der Waals surface area contributed by atoms with Gasteiger partial charge in [0.25, 0.3) is 5.91 Å². The fourth-order valence-electron chi connectivity index (χ4n) is 3.01. The Bertz CT molecular complexity index is 1240. The van der Waals surface area contributed by atoms with Gasteiger partial charge >= 0.3 is 6.18 Å². The van der Waals surface area contributed by atoms with Gasteiger partial charge in [0.15, 0.2) is 5.82 Å². The van der Waals surface area contributed by atoms with E-state index in [-0.39, 0.29) is 5.56 Å². The second-order valence-electron chi connectivity index (χ2n) is 7.09. The zero-order valence-electron chi connectivity index (χ0n) is 17.3. The molecule has 0 bridgehead atoms. The van der Waals surface area contributed by atoms with Crippen molar-refractivity contribution in [2.24, 2.45) is 7.05 Å².